The molecule has 2 aliphatic heterocycles. The zero-order valence-corrected chi connectivity index (χ0v) is 15.8. The van der Waals surface area contributed by atoms with E-state index in [1.165, 1.54) is 13.8 Å². The van der Waals surface area contributed by atoms with Crippen molar-refractivity contribution in [2.24, 2.45) is 0 Å². The van der Waals surface area contributed by atoms with Gasteiger partial charge < -0.3 is 24.6 Å². The second-order valence-corrected chi connectivity index (χ2v) is 6.56. The van der Waals surface area contributed by atoms with Crippen molar-refractivity contribution in [1.29, 1.82) is 0 Å². The lowest BCUT2D eigenvalue weighted by Crippen LogP contribution is -2.37. The summed E-state index contributed by atoms with van der Waals surface area (Å²) >= 11 is 0. The first-order valence-electron chi connectivity index (χ1n) is 8.90. The minimum Gasteiger partial charge on any atom is -0.454 e. The normalized spacial score (nSPS) is 19.8. The van der Waals surface area contributed by atoms with E-state index in [0.717, 1.165) is 11.1 Å². The summed E-state index contributed by atoms with van der Waals surface area (Å²) in [4.78, 5) is 24.5. The molecule has 0 unspecified atom stereocenters. The molecule has 0 fully saturated rings. The zero-order valence-electron chi connectivity index (χ0n) is 15.8. The number of carbonyl (C=O) groups is 2. The van der Waals surface area contributed by atoms with Crippen molar-refractivity contribution in [1.82, 2.24) is 5.32 Å². The minimum atomic E-state index is -1.40. The summed E-state index contributed by atoms with van der Waals surface area (Å²) in [5.74, 6) is -0.467. The van der Waals surface area contributed by atoms with E-state index in [4.69, 9.17) is 14.2 Å². The molecule has 7 nitrogen and oxygen atoms in total. The number of Topliss-reactive ketones (excluding diaryl/α,β-unsaturated/α-hetero) is 1. The van der Waals surface area contributed by atoms with Gasteiger partial charge in [-0.2, -0.15) is 0 Å². The van der Waals surface area contributed by atoms with Crippen LogP contribution in [0.25, 0.3) is 0 Å². The molecule has 0 spiro atoms. The maximum atomic E-state index is 12.4. The molecule has 1 amide bonds. The van der Waals surface area contributed by atoms with Crippen LogP contribution < -0.4 is 14.8 Å². The molecule has 26 heavy (non-hydrogen) atoms. The second-order valence-electron chi connectivity index (χ2n) is 6.56. The van der Waals surface area contributed by atoms with E-state index < -0.39 is 11.9 Å². The Morgan fingerprint density at radius 1 is 1.12 bits per heavy atom. The van der Waals surface area contributed by atoms with Crippen molar-refractivity contribution < 1.29 is 28.9 Å². The number of nitrogens with one attached hydrogen (secondary N) is 1. The van der Waals surface area contributed by atoms with E-state index in [1.807, 2.05) is 13.8 Å². The molecule has 3 rings (SSSR count). The molecule has 0 saturated carbocycles. The van der Waals surface area contributed by atoms with Crippen LogP contribution in [-0.2, 0) is 27.3 Å². The number of fused-ring (bicyclic) bond motifs is 2. The van der Waals surface area contributed by atoms with Crippen molar-refractivity contribution in [3.05, 3.63) is 23.3 Å². The van der Waals surface area contributed by atoms with E-state index in [0.29, 0.717) is 18.0 Å². The average Bonchev–Trinajstić information content (AvgIpc) is 2.99. The summed E-state index contributed by atoms with van der Waals surface area (Å²) in [7, 11) is 0. The maximum absolute atomic E-state index is 12.4. The van der Waals surface area contributed by atoms with Gasteiger partial charge >= 0.3 is 0 Å². The molecule has 144 valence electrons. The fourth-order valence-electron chi connectivity index (χ4n) is 2.93. The summed E-state index contributed by atoms with van der Waals surface area (Å²) in [5, 5.41) is 12.6. The van der Waals surface area contributed by atoms with Crippen molar-refractivity contribution in [3.63, 3.8) is 0 Å². The first-order chi connectivity index (χ1) is 12.3. The number of benzene rings is 1. The smallest absolute Gasteiger partial charge is 0.231 e. The average molecular weight is 365 g/mol. The molecule has 0 aromatic heterocycles. The van der Waals surface area contributed by atoms with Crippen molar-refractivity contribution in [2.75, 3.05) is 6.79 Å². The lowest BCUT2D eigenvalue weighted by Gasteiger charge is -2.26. The minimum absolute atomic E-state index is 0.0234. The molecule has 1 atom stereocenters. The van der Waals surface area contributed by atoms with E-state index in [2.05, 4.69) is 5.32 Å². The van der Waals surface area contributed by atoms with Crippen molar-refractivity contribution >= 4 is 11.7 Å². The van der Waals surface area contributed by atoms with Crippen LogP contribution in [0.5, 0.6) is 11.5 Å². The highest BCUT2D eigenvalue weighted by molar-refractivity contribution is 5.84. The number of carbonyl (C=O) groups excluding carboxylic acids is 2. The molecule has 2 heterocycles. The standard InChI is InChI=1S/C17H21NO6.C2H6/c1-17(2,21)24-13-6-12(19)3-10-4-14-15(23-9-22-14)5-11(10)8-18-16(20)7-13;1-2/h4-5,13,21H,3,6-9H2,1-2H3,(H,18,20);1-2H3/t13-;/m1./s1. The first kappa shape index (κ1) is 20.2. The number of ketones is 1. The van der Waals surface area contributed by atoms with Crippen molar-refractivity contribution in [2.45, 2.75) is 65.4 Å². The quantitative estimate of drug-likeness (QED) is 0.780. The van der Waals surface area contributed by atoms with Crippen LogP contribution in [0.2, 0.25) is 0 Å². The van der Waals surface area contributed by atoms with Gasteiger partial charge in [-0.25, -0.2) is 0 Å². The van der Waals surface area contributed by atoms with Gasteiger partial charge in [-0.1, -0.05) is 13.8 Å². The largest absolute Gasteiger partial charge is 0.454 e. The zero-order chi connectivity index (χ0) is 19.3. The first-order valence-corrected chi connectivity index (χ1v) is 8.90. The summed E-state index contributed by atoms with van der Waals surface area (Å²) in [6.45, 7) is 7.40. The maximum Gasteiger partial charge on any atom is 0.231 e. The SMILES string of the molecule is CC.CC(C)(O)O[C@@H]1CC(=O)Cc2cc3c(cc2CNC(=O)C1)OCO3. The van der Waals surface area contributed by atoms with Gasteiger partial charge in [0.15, 0.2) is 17.3 Å². The number of rotatable bonds is 2. The summed E-state index contributed by atoms with van der Waals surface area (Å²) < 4.78 is 16.2. The predicted octanol–water partition coefficient (Wildman–Crippen LogP) is 2.08. The van der Waals surface area contributed by atoms with E-state index in [1.54, 1.807) is 12.1 Å². The molecule has 2 aliphatic rings. The summed E-state index contributed by atoms with van der Waals surface area (Å²) in [6.07, 6.45) is -0.359. The number of amides is 1. The van der Waals surface area contributed by atoms with Gasteiger partial charge in [-0.15, -0.1) is 0 Å². The van der Waals surface area contributed by atoms with Gasteiger partial charge in [0, 0.05) is 19.4 Å². The van der Waals surface area contributed by atoms with Crippen LogP contribution in [-0.4, -0.2) is 35.5 Å². The highest BCUT2D eigenvalue weighted by atomic mass is 16.7. The van der Waals surface area contributed by atoms with Crippen LogP contribution in [0.1, 0.15) is 51.7 Å². The highest BCUT2D eigenvalue weighted by Crippen LogP contribution is 2.35. The lowest BCUT2D eigenvalue weighted by atomic mass is 9.96. The van der Waals surface area contributed by atoms with Crippen LogP contribution in [0.4, 0.5) is 0 Å². The van der Waals surface area contributed by atoms with Crippen LogP contribution in [0, 0.1) is 0 Å². The summed E-state index contributed by atoms with van der Waals surface area (Å²) in [6, 6.07) is 3.59. The van der Waals surface area contributed by atoms with Crippen molar-refractivity contribution in [3.8, 4) is 11.5 Å². The molecule has 0 aliphatic carbocycles. The number of aliphatic hydroxyl groups is 1. The molecule has 0 radical (unpaired) electrons. The lowest BCUT2D eigenvalue weighted by molar-refractivity contribution is -0.207. The Hall–Kier alpha value is -2.12. The molecule has 0 bridgehead atoms. The number of hydrogen-bond donors (Lipinski definition) is 2. The molecule has 2 N–H and O–H groups in total. The highest BCUT2D eigenvalue weighted by Gasteiger charge is 2.27. The second kappa shape index (κ2) is 8.51. The topological polar surface area (TPSA) is 94.1 Å². The monoisotopic (exact) mass is 365 g/mol. The van der Waals surface area contributed by atoms with Crippen LogP contribution in [0.15, 0.2) is 12.1 Å². The number of hydrogen-bond acceptors (Lipinski definition) is 6. The van der Waals surface area contributed by atoms with Crippen LogP contribution in [0.3, 0.4) is 0 Å². The van der Waals surface area contributed by atoms with Gasteiger partial charge in [0.25, 0.3) is 0 Å². The molecule has 1 aromatic carbocycles. The summed E-state index contributed by atoms with van der Waals surface area (Å²) in [5.41, 5.74) is 1.64. The molecular weight excluding hydrogens is 338 g/mol. The Bertz CT molecular complexity index is 665. The Kier molecular flexibility index (Phi) is 6.61. The van der Waals surface area contributed by atoms with Gasteiger partial charge in [-0.3, -0.25) is 9.59 Å². The Morgan fingerprint density at radius 2 is 1.73 bits per heavy atom. The van der Waals surface area contributed by atoms with Gasteiger partial charge in [-0.05, 0) is 37.1 Å². The molecular formula is C19H27NO6. The number of ether oxygens (including phenoxy) is 3. The fraction of sp³-hybridized carbons (Fsp3) is 0.579. The van der Waals surface area contributed by atoms with Gasteiger partial charge in [0.2, 0.25) is 12.7 Å². The van der Waals surface area contributed by atoms with Gasteiger partial charge in [0.1, 0.15) is 5.78 Å². The Labute approximate surface area is 153 Å². The third-order valence-electron chi connectivity index (χ3n) is 3.88. The van der Waals surface area contributed by atoms with E-state index >= 15 is 0 Å². The Morgan fingerprint density at radius 3 is 2.35 bits per heavy atom. The van der Waals surface area contributed by atoms with Crippen LogP contribution >= 0.6 is 0 Å². The third-order valence-corrected chi connectivity index (χ3v) is 3.88. The Balaban J connectivity index is 0.00000117. The van der Waals surface area contributed by atoms with E-state index in [-0.39, 0.29) is 37.7 Å². The molecule has 7 heteroatoms. The fourth-order valence-corrected chi connectivity index (χ4v) is 2.93. The molecule has 0 saturated heterocycles. The van der Waals surface area contributed by atoms with E-state index in [9.17, 15) is 14.7 Å². The third kappa shape index (κ3) is 5.44. The predicted molar refractivity (Wildman–Crippen MR) is 94.9 cm³/mol. The molecule has 1 aromatic rings. The van der Waals surface area contributed by atoms with Gasteiger partial charge in [0.05, 0.1) is 12.5 Å².